The molecule has 0 bridgehead atoms. The molecule has 0 unspecified atom stereocenters. The van der Waals surface area contributed by atoms with E-state index in [0.29, 0.717) is 36.4 Å². The molecule has 0 saturated carbocycles. The van der Waals surface area contributed by atoms with Gasteiger partial charge in [0.1, 0.15) is 5.82 Å². The van der Waals surface area contributed by atoms with Gasteiger partial charge in [-0.25, -0.2) is 4.98 Å². The highest BCUT2D eigenvalue weighted by Gasteiger charge is 2.23. The van der Waals surface area contributed by atoms with Gasteiger partial charge in [0.15, 0.2) is 0 Å². The topological polar surface area (TPSA) is 69.3 Å². The maximum Gasteiger partial charge on any atom is 0.258 e. The lowest BCUT2D eigenvalue weighted by Crippen LogP contribution is -2.36. The van der Waals surface area contributed by atoms with E-state index in [1.54, 1.807) is 6.07 Å². The molecule has 2 aromatic carbocycles. The number of aromatic amines is 1. The van der Waals surface area contributed by atoms with Crippen molar-refractivity contribution in [2.45, 2.75) is 19.6 Å². The van der Waals surface area contributed by atoms with Crippen LogP contribution in [0.5, 0.6) is 0 Å². The van der Waals surface area contributed by atoms with Gasteiger partial charge in [-0.05, 0) is 30.3 Å². The lowest BCUT2D eigenvalue weighted by atomic mass is 10.1. The van der Waals surface area contributed by atoms with Gasteiger partial charge in [0.25, 0.3) is 5.56 Å². The molecule has 0 spiro atoms. The van der Waals surface area contributed by atoms with Crippen LogP contribution in [0.3, 0.4) is 0 Å². The van der Waals surface area contributed by atoms with Crippen molar-refractivity contribution < 1.29 is 4.79 Å². The summed E-state index contributed by atoms with van der Waals surface area (Å²) in [7, 11) is 1.86. The molecular weight excluding hydrogens is 328 g/mol. The zero-order valence-corrected chi connectivity index (χ0v) is 14.6. The summed E-state index contributed by atoms with van der Waals surface area (Å²) in [5.41, 5.74) is 2.94. The fraction of sp³-hybridized carbons (Fsp3) is 0.250. The first-order valence-electron chi connectivity index (χ1n) is 8.61. The third-order valence-corrected chi connectivity index (χ3v) is 4.68. The van der Waals surface area contributed by atoms with E-state index < -0.39 is 0 Å². The first-order chi connectivity index (χ1) is 12.6. The molecule has 0 saturated heterocycles. The number of para-hydroxylation sites is 1. The maximum absolute atomic E-state index is 12.6. The number of nitrogens with one attached hydrogen (secondary N) is 1. The zero-order chi connectivity index (χ0) is 18.1. The zero-order valence-electron chi connectivity index (χ0n) is 14.6. The summed E-state index contributed by atoms with van der Waals surface area (Å²) in [4.78, 5) is 35.8. The predicted octanol–water partition coefficient (Wildman–Crippen LogP) is 1.90. The van der Waals surface area contributed by atoms with E-state index in [1.807, 2.05) is 47.2 Å². The number of hydrogen-bond acceptors (Lipinski definition) is 4. The molecule has 6 heteroatoms. The van der Waals surface area contributed by atoms with Crippen molar-refractivity contribution in [1.82, 2.24) is 19.8 Å². The molecule has 6 nitrogen and oxygen atoms in total. The Kier molecular flexibility index (Phi) is 4.26. The maximum atomic E-state index is 12.6. The Morgan fingerprint density at radius 3 is 2.50 bits per heavy atom. The molecule has 2 heterocycles. The number of benzene rings is 2. The molecule has 1 amide bonds. The van der Waals surface area contributed by atoms with E-state index in [2.05, 4.69) is 22.1 Å². The van der Waals surface area contributed by atoms with Gasteiger partial charge in [0, 0.05) is 13.1 Å². The normalized spacial score (nSPS) is 13.4. The third-order valence-electron chi connectivity index (χ3n) is 4.68. The van der Waals surface area contributed by atoms with Crippen LogP contribution < -0.4 is 5.56 Å². The van der Waals surface area contributed by atoms with Crippen molar-refractivity contribution in [3.8, 4) is 0 Å². The summed E-state index contributed by atoms with van der Waals surface area (Å²) < 4.78 is 0. The molecular formula is C20H20N4O2. The van der Waals surface area contributed by atoms with Gasteiger partial charge >= 0.3 is 0 Å². The monoisotopic (exact) mass is 348 g/mol. The average Bonchev–Trinajstić information content (AvgIpc) is 3.06. The number of aromatic nitrogens is 2. The van der Waals surface area contributed by atoms with Crippen molar-refractivity contribution in [3.63, 3.8) is 0 Å². The Labute approximate surface area is 151 Å². The summed E-state index contributed by atoms with van der Waals surface area (Å²) >= 11 is 0. The smallest absolute Gasteiger partial charge is 0.258 e. The number of likely N-dealkylation sites (N-methyl/N-ethyl adjacent to an activating group) is 1. The van der Waals surface area contributed by atoms with Gasteiger partial charge in [-0.15, -0.1) is 0 Å². The minimum atomic E-state index is -0.152. The molecule has 26 heavy (non-hydrogen) atoms. The Morgan fingerprint density at radius 1 is 1.12 bits per heavy atom. The molecule has 0 atom stereocenters. The van der Waals surface area contributed by atoms with Gasteiger partial charge in [-0.3, -0.25) is 14.5 Å². The summed E-state index contributed by atoms with van der Waals surface area (Å²) in [6.07, 6.45) is 0. The third kappa shape index (κ3) is 3.23. The number of rotatable bonds is 4. The van der Waals surface area contributed by atoms with Gasteiger partial charge in [0.05, 0.1) is 24.0 Å². The van der Waals surface area contributed by atoms with E-state index in [1.165, 1.54) is 11.1 Å². The van der Waals surface area contributed by atoms with Crippen molar-refractivity contribution in [2.75, 3.05) is 13.6 Å². The highest BCUT2D eigenvalue weighted by molar-refractivity contribution is 5.79. The van der Waals surface area contributed by atoms with Crippen LogP contribution in [0.4, 0.5) is 0 Å². The van der Waals surface area contributed by atoms with E-state index in [9.17, 15) is 9.59 Å². The molecule has 132 valence electrons. The predicted molar refractivity (Wildman–Crippen MR) is 99.4 cm³/mol. The van der Waals surface area contributed by atoms with Crippen LogP contribution in [0.1, 0.15) is 17.0 Å². The van der Waals surface area contributed by atoms with Crippen molar-refractivity contribution in [2.24, 2.45) is 0 Å². The summed E-state index contributed by atoms with van der Waals surface area (Å²) in [5, 5.41) is 0.574. The second-order valence-electron chi connectivity index (χ2n) is 6.72. The van der Waals surface area contributed by atoms with Crippen LogP contribution in [-0.4, -0.2) is 39.3 Å². The number of carbonyl (C=O) groups excluding carboxylic acids is 1. The molecule has 4 rings (SSSR count). The number of amides is 1. The molecule has 3 aromatic rings. The Balaban J connectivity index is 1.42. The van der Waals surface area contributed by atoms with Crippen LogP contribution >= 0.6 is 0 Å². The Hall–Kier alpha value is -2.99. The quantitative estimate of drug-likeness (QED) is 0.782. The van der Waals surface area contributed by atoms with Crippen LogP contribution in [0, 0.1) is 0 Å². The molecule has 1 aliphatic rings. The summed E-state index contributed by atoms with van der Waals surface area (Å²) in [5.74, 6) is 0.639. The number of H-pyrrole nitrogens is 1. The minimum Gasteiger partial charge on any atom is -0.333 e. The summed E-state index contributed by atoms with van der Waals surface area (Å²) in [6.45, 7) is 2.01. The first-order valence-corrected chi connectivity index (χ1v) is 8.61. The summed E-state index contributed by atoms with van der Waals surface area (Å²) in [6, 6.07) is 15.4. The van der Waals surface area contributed by atoms with Gasteiger partial charge in [0.2, 0.25) is 5.91 Å². The van der Waals surface area contributed by atoms with Crippen molar-refractivity contribution in [1.29, 1.82) is 0 Å². The first kappa shape index (κ1) is 16.5. The van der Waals surface area contributed by atoms with Gasteiger partial charge in [-0.2, -0.15) is 0 Å². The van der Waals surface area contributed by atoms with Gasteiger partial charge < -0.3 is 9.88 Å². The van der Waals surface area contributed by atoms with Crippen LogP contribution in [0.2, 0.25) is 0 Å². The largest absolute Gasteiger partial charge is 0.333 e. The lowest BCUT2D eigenvalue weighted by Gasteiger charge is -2.21. The van der Waals surface area contributed by atoms with Gasteiger partial charge in [-0.1, -0.05) is 36.4 Å². The standard InChI is InChI=1S/C20H20N4O2/c1-23(12-18-21-17-9-5-4-8-16(17)20(26)22-18)13-19(25)24-10-14-6-2-3-7-15(14)11-24/h2-9H,10-13H2,1H3,(H,21,22,26). The van der Waals surface area contributed by atoms with E-state index in [4.69, 9.17) is 0 Å². The lowest BCUT2D eigenvalue weighted by molar-refractivity contribution is -0.132. The van der Waals surface area contributed by atoms with Crippen LogP contribution in [0.25, 0.3) is 10.9 Å². The Morgan fingerprint density at radius 2 is 1.77 bits per heavy atom. The molecule has 1 aromatic heterocycles. The van der Waals surface area contributed by atoms with E-state index >= 15 is 0 Å². The fourth-order valence-corrected chi connectivity index (χ4v) is 3.36. The fourth-order valence-electron chi connectivity index (χ4n) is 3.36. The molecule has 1 aliphatic heterocycles. The van der Waals surface area contributed by atoms with E-state index in [0.717, 1.165) is 0 Å². The van der Waals surface area contributed by atoms with Crippen molar-refractivity contribution in [3.05, 3.63) is 75.8 Å². The average molecular weight is 348 g/mol. The number of carbonyl (C=O) groups is 1. The second kappa shape index (κ2) is 6.72. The highest BCUT2D eigenvalue weighted by Crippen LogP contribution is 2.22. The number of fused-ring (bicyclic) bond motifs is 2. The minimum absolute atomic E-state index is 0.0758. The molecule has 0 aliphatic carbocycles. The van der Waals surface area contributed by atoms with Crippen LogP contribution in [0.15, 0.2) is 53.3 Å². The SMILES string of the molecule is CN(CC(=O)N1Cc2ccccc2C1)Cc1nc2ccccc2c(=O)[nH]1. The van der Waals surface area contributed by atoms with Crippen LogP contribution in [-0.2, 0) is 24.4 Å². The van der Waals surface area contributed by atoms with E-state index in [-0.39, 0.29) is 18.0 Å². The van der Waals surface area contributed by atoms with Crippen molar-refractivity contribution >= 4 is 16.8 Å². The second-order valence-corrected chi connectivity index (χ2v) is 6.72. The highest BCUT2D eigenvalue weighted by atomic mass is 16.2. The molecule has 0 radical (unpaired) electrons. The Bertz CT molecular complexity index is 1000. The number of hydrogen-bond donors (Lipinski definition) is 1. The number of nitrogens with zero attached hydrogens (tertiary/aromatic N) is 3. The molecule has 0 fully saturated rings. The molecule has 1 N–H and O–H groups in total.